The Labute approximate surface area is 174 Å². The smallest absolute Gasteiger partial charge is 0.243 e. The second-order valence-corrected chi connectivity index (χ2v) is 8.87. The van der Waals surface area contributed by atoms with Gasteiger partial charge in [-0.05, 0) is 30.7 Å². The number of benzene rings is 2. The van der Waals surface area contributed by atoms with E-state index in [0.717, 1.165) is 9.87 Å². The van der Waals surface area contributed by atoms with Crippen molar-refractivity contribution in [1.82, 2.24) is 4.31 Å². The molecule has 0 unspecified atom stereocenters. The number of nitrogens with zero attached hydrogens (tertiary/aromatic N) is 1. The van der Waals surface area contributed by atoms with Crippen molar-refractivity contribution in [2.75, 3.05) is 39.2 Å². The number of hydrogen-bond donors (Lipinski definition) is 1. The molecule has 0 bridgehead atoms. The predicted octanol–water partition coefficient (Wildman–Crippen LogP) is 2.69. The van der Waals surface area contributed by atoms with E-state index in [1.807, 2.05) is 0 Å². The third-order valence-electron chi connectivity index (χ3n) is 4.34. The molecule has 29 heavy (non-hydrogen) atoms. The number of carbonyl (C=O) groups is 1. The van der Waals surface area contributed by atoms with Gasteiger partial charge in [0.2, 0.25) is 15.9 Å². The largest absolute Gasteiger partial charge is 0.495 e. The van der Waals surface area contributed by atoms with Crippen molar-refractivity contribution < 1.29 is 27.4 Å². The van der Waals surface area contributed by atoms with Crippen LogP contribution in [0.2, 0.25) is 5.02 Å². The first-order chi connectivity index (χ1) is 13.7. The van der Waals surface area contributed by atoms with Crippen molar-refractivity contribution in [3.63, 3.8) is 0 Å². The van der Waals surface area contributed by atoms with E-state index in [1.54, 1.807) is 19.1 Å². The van der Waals surface area contributed by atoms with Crippen molar-refractivity contribution in [3.8, 4) is 17.2 Å². The van der Waals surface area contributed by atoms with Gasteiger partial charge in [-0.1, -0.05) is 11.6 Å². The summed E-state index contributed by atoms with van der Waals surface area (Å²) in [5.74, 6) is 0.706. The highest BCUT2D eigenvalue weighted by Crippen LogP contribution is 2.33. The number of sulfonamides is 1. The van der Waals surface area contributed by atoms with Gasteiger partial charge in [-0.15, -0.1) is 0 Å². The van der Waals surface area contributed by atoms with Gasteiger partial charge >= 0.3 is 0 Å². The van der Waals surface area contributed by atoms with E-state index >= 15 is 0 Å². The standard InChI is InChI=1S/C19H21ClN2O6S/c1-12-8-15(17(26-3)10-14(12)20)21-19(23)11-22(2)29(24,25)13-4-5-16-18(9-13)28-7-6-27-16/h4-5,8-10H,6-7,11H2,1-3H3,(H,21,23). The summed E-state index contributed by atoms with van der Waals surface area (Å²) in [6.07, 6.45) is 0. The molecule has 2 aromatic carbocycles. The van der Waals surface area contributed by atoms with Crippen LogP contribution in [-0.4, -0.2) is 52.5 Å². The monoisotopic (exact) mass is 440 g/mol. The maximum absolute atomic E-state index is 12.8. The molecule has 0 saturated heterocycles. The van der Waals surface area contributed by atoms with Crippen molar-refractivity contribution >= 4 is 33.2 Å². The molecular formula is C19H21ClN2O6S. The zero-order valence-corrected chi connectivity index (χ0v) is 17.8. The minimum absolute atomic E-state index is 0.0111. The van der Waals surface area contributed by atoms with Gasteiger partial charge in [0, 0.05) is 24.2 Å². The summed E-state index contributed by atoms with van der Waals surface area (Å²) in [6, 6.07) is 7.60. The molecule has 8 nitrogen and oxygen atoms in total. The zero-order valence-electron chi connectivity index (χ0n) is 16.2. The fourth-order valence-corrected chi connectivity index (χ4v) is 4.07. The number of likely N-dealkylation sites (N-methyl/N-ethyl adjacent to an activating group) is 1. The molecule has 0 aromatic heterocycles. The first kappa shape index (κ1) is 21.2. The Kier molecular flexibility index (Phi) is 6.21. The average molecular weight is 441 g/mol. The van der Waals surface area contributed by atoms with Gasteiger partial charge < -0.3 is 19.5 Å². The van der Waals surface area contributed by atoms with Crippen molar-refractivity contribution in [3.05, 3.63) is 40.9 Å². The van der Waals surface area contributed by atoms with Crippen molar-refractivity contribution in [1.29, 1.82) is 0 Å². The second kappa shape index (κ2) is 8.48. The van der Waals surface area contributed by atoms with Crippen LogP contribution in [-0.2, 0) is 14.8 Å². The first-order valence-electron chi connectivity index (χ1n) is 8.72. The number of rotatable bonds is 6. The van der Waals surface area contributed by atoms with Gasteiger partial charge in [0.1, 0.15) is 19.0 Å². The van der Waals surface area contributed by atoms with E-state index in [0.29, 0.717) is 41.2 Å². The summed E-state index contributed by atoms with van der Waals surface area (Å²) in [4.78, 5) is 12.5. The number of fused-ring (bicyclic) bond motifs is 1. The molecule has 3 rings (SSSR count). The van der Waals surface area contributed by atoms with E-state index in [9.17, 15) is 13.2 Å². The lowest BCUT2D eigenvalue weighted by atomic mass is 10.2. The molecule has 0 spiro atoms. The first-order valence-corrected chi connectivity index (χ1v) is 10.5. The molecule has 10 heteroatoms. The lowest BCUT2D eigenvalue weighted by molar-refractivity contribution is -0.116. The number of aryl methyl sites for hydroxylation is 1. The second-order valence-electron chi connectivity index (χ2n) is 6.42. The number of anilines is 1. The fourth-order valence-electron chi connectivity index (χ4n) is 2.77. The van der Waals surface area contributed by atoms with Gasteiger partial charge in [0.25, 0.3) is 0 Å². The van der Waals surface area contributed by atoms with Gasteiger partial charge in [-0.25, -0.2) is 8.42 Å². The van der Waals surface area contributed by atoms with E-state index in [1.165, 1.54) is 32.4 Å². The van der Waals surface area contributed by atoms with Crippen LogP contribution in [0, 0.1) is 6.92 Å². The number of nitrogens with one attached hydrogen (secondary N) is 1. The highest BCUT2D eigenvalue weighted by Gasteiger charge is 2.25. The molecule has 0 atom stereocenters. The highest BCUT2D eigenvalue weighted by atomic mass is 35.5. The zero-order chi connectivity index (χ0) is 21.2. The number of halogens is 1. The average Bonchev–Trinajstić information content (AvgIpc) is 2.70. The SMILES string of the molecule is COc1cc(Cl)c(C)cc1NC(=O)CN(C)S(=O)(=O)c1ccc2c(c1)OCCO2. The normalized spacial score (nSPS) is 13.3. The third kappa shape index (κ3) is 4.58. The molecule has 0 fully saturated rings. The topological polar surface area (TPSA) is 94.2 Å². The summed E-state index contributed by atoms with van der Waals surface area (Å²) in [7, 11) is -1.12. The van der Waals surface area contributed by atoms with Gasteiger partial charge in [-0.3, -0.25) is 4.79 Å². The Morgan fingerprint density at radius 2 is 1.90 bits per heavy atom. The molecule has 1 N–H and O–H groups in total. The van der Waals surface area contributed by atoms with Gasteiger partial charge in [0.15, 0.2) is 11.5 Å². The fraction of sp³-hybridized carbons (Fsp3) is 0.316. The predicted molar refractivity (Wildman–Crippen MR) is 109 cm³/mol. The Morgan fingerprint density at radius 1 is 1.21 bits per heavy atom. The van der Waals surface area contributed by atoms with Crippen molar-refractivity contribution in [2.45, 2.75) is 11.8 Å². The van der Waals surface area contributed by atoms with Crippen LogP contribution in [0.3, 0.4) is 0 Å². The molecule has 156 valence electrons. The summed E-state index contributed by atoms with van der Waals surface area (Å²) in [5.41, 5.74) is 1.16. The minimum Gasteiger partial charge on any atom is -0.495 e. The quantitative estimate of drug-likeness (QED) is 0.742. The molecule has 1 heterocycles. The molecule has 0 aliphatic carbocycles. The summed E-state index contributed by atoms with van der Waals surface area (Å²) in [6.45, 7) is 2.15. The Balaban J connectivity index is 1.74. The van der Waals surface area contributed by atoms with E-state index in [4.69, 9.17) is 25.8 Å². The maximum atomic E-state index is 12.8. The minimum atomic E-state index is -3.91. The molecule has 0 radical (unpaired) electrons. The molecule has 1 aliphatic heterocycles. The summed E-state index contributed by atoms with van der Waals surface area (Å²) < 4.78 is 42.7. The Morgan fingerprint density at radius 3 is 2.59 bits per heavy atom. The number of methoxy groups -OCH3 is 1. The highest BCUT2D eigenvalue weighted by molar-refractivity contribution is 7.89. The molecular weight excluding hydrogens is 420 g/mol. The molecule has 1 aliphatic rings. The molecule has 2 aromatic rings. The molecule has 0 saturated carbocycles. The van der Waals surface area contributed by atoms with Crippen molar-refractivity contribution in [2.24, 2.45) is 0 Å². The third-order valence-corrected chi connectivity index (χ3v) is 6.55. The van der Waals surface area contributed by atoms with Crippen LogP contribution in [0.1, 0.15) is 5.56 Å². The number of hydrogen-bond acceptors (Lipinski definition) is 6. The Hall–Kier alpha value is -2.49. The van der Waals surface area contributed by atoms with Gasteiger partial charge in [0.05, 0.1) is 24.2 Å². The summed E-state index contributed by atoms with van der Waals surface area (Å²) >= 11 is 6.06. The van der Waals surface area contributed by atoms with E-state index in [2.05, 4.69) is 5.32 Å². The van der Waals surface area contributed by atoms with Crippen LogP contribution in [0.5, 0.6) is 17.2 Å². The van der Waals surface area contributed by atoms with Crippen LogP contribution < -0.4 is 19.5 Å². The lowest BCUT2D eigenvalue weighted by Gasteiger charge is -2.21. The number of amides is 1. The molecule has 1 amide bonds. The summed E-state index contributed by atoms with van der Waals surface area (Å²) in [5, 5.41) is 3.16. The van der Waals surface area contributed by atoms with E-state index in [-0.39, 0.29) is 11.4 Å². The van der Waals surface area contributed by atoms with E-state index < -0.39 is 15.9 Å². The van der Waals surface area contributed by atoms with Crippen LogP contribution in [0.15, 0.2) is 35.2 Å². The maximum Gasteiger partial charge on any atom is 0.243 e. The van der Waals surface area contributed by atoms with Gasteiger partial charge in [-0.2, -0.15) is 4.31 Å². The van der Waals surface area contributed by atoms with Crippen LogP contribution in [0.25, 0.3) is 0 Å². The Bertz CT molecular complexity index is 1040. The van der Waals surface area contributed by atoms with Crippen LogP contribution >= 0.6 is 11.6 Å². The number of carbonyl (C=O) groups excluding carboxylic acids is 1. The number of ether oxygens (including phenoxy) is 3. The van der Waals surface area contributed by atoms with Crippen LogP contribution in [0.4, 0.5) is 5.69 Å². The lowest BCUT2D eigenvalue weighted by Crippen LogP contribution is -2.35.